The highest BCUT2D eigenvalue weighted by molar-refractivity contribution is 5.68. The van der Waals surface area contributed by atoms with Gasteiger partial charge in [-0.25, -0.2) is 4.98 Å². The fraction of sp³-hybridized carbons (Fsp3) is 0.231. The van der Waals surface area contributed by atoms with Gasteiger partial charge in [0.2, 0.25) is 0 Å². The van der Waals surface area contributed by atoms with Gasteiger partial charge in [-0.1, -0.05) is 30.3 Å². The molecule has 4 N–H and O–H groups in total. The fourth-order valence-corrected chi connectivity index (χ4v) is 1.82. The van der Waals surface area contributed by atoms with Crippen LogP contribution in [-0.2, 0) is 4.79 Å². The van der Waals surface area contributed by atoms with Crippen LogP contribution in [0.15, 0.2) is 30.3 Å². The van der Waals surface area contributed by atoms with Gasteiger partial charge in [0, 0.05) is 11.3 Å². The predicted octanol–water partition coefficient (Wildman–Crippen LogP) is 1.86. The summed E-state index contributed by atoms with van der Waals surface area (Å²) in [7, 11) is 0. The Bertz CT molecular complexity index is 549. The van der Waals surface area contributed by atoms with Crippen LogP contribution in [0.5, 0.6) is 0 Å². The molecule has 1 aromatic carbocycles. The number of carbonyl (C=O) groups is 1. The third kappa shape index (κ3) is 2.57. The van der Waals surface area contributed by atoms with Crippen molar-refractivity contribution in [3.8, 4) is 11.3 Å². The van der Waals surface area contributed by atoms with E-state index in [1.807, 2.05) is 37.3 Å². The van der Waals surface area contributed by atoms with Crippen LogP contribution in [0, 0.1) is 6.92 Å². The summed E-state index contributed by atoms with van der Waals surface area (Å²) in [4.78, 5) is 18.1. The van der Waals surface area contributed by atoms with Gasteiger partial charge in [0.1, 0.15) is 5.82 Å². The molecule has 1 unspecified atom stereocenters. The maximum Gasteiger partial charge on any atom is 0.305 e. The molecule has 2 aromatic rings. The summed E-state index contributed by atoms with van der Waals surface area (Å²) < 4.78 is 0. The Morgan fingerprint density at radius 2 is 2.11 bits per heavy atom. The molecule has 0 radical (unpaired) electrons. The molecule has 0 fully saturated rings. The smallest absolute Gasteiger partial charge is 0.305 e. The Hall–Kier alpha value is -2.14. The second-order valence-electron chi connectivity index (χ2n) is 4.17. The van der Waals surface area contributed by atoms with Crippen LogP contribution in [0.3, 0.4) is 0 Å². The number of benzene rings is 1. The lowest BCUT2D eigenvalue weighted by Crippen LogP contribution is -2.16. The van der Waals surface area contributed by atoms with Crippen molar-refractivity contribution in [1.29, 1.82) is 0 Å². The number of imidazole rings is 1. The summed E-state index contributed by atoms with van der Waals surface area (Å²) in [6.07, 6.45) is -0.138. The molecule has 0 saturated heterocycles. The summed E-state index contributed by atoms with van der Waals surface area (Å²) in [5, 5.41) is 8.72. The highest BCUT2D eigenvalue weighted by atomic mass is 16.4. The van der Waals surface area contributed by atoms with Gasteiger partial charge < -0.3 is 15.8 Å². The lowest BCUT2D eigenvalue weighted by Gasteiger charge is -2.03. The number of nitrogens with one attached hydrogen (secondary N) is 1. The number of hydrogen-bond donors (Lipinski definition) is 3. The first-order valence-corrected chi connectivity index (χ1v) is 5.67. The number of carboxylic acids is 1. The molecule has 0 aliphatic carbocycles. The van der Waals surface area contributed by atoms with Crippen LogP contribution < -0.4 is 5.73 Å². The Kier molecular flexibility index (Phi) is 3.43. The number of aryl methyl sites for hydroxylation is 1. The Morgan fingerprint density at radius 1 is 1.44 bits per heavy atom. The van der Waals surface area contributed by atoms with E-state index < -0.39 is 12.0 Å². The molecule has 2 rings (SSSR count). The summed E-state index contributed by atoms with van der Waals surface area (Å²) in [5.41, 5.74) is 8.47. The minimum absolute atomic E-state index is 0.138. The van der Waals surface area contributed by atoms with Crippen molar-refractivity contribution in [2.75, 3.05) is 0 Å². The van der Waals surface area contributed by atoms with Crippen molar-refractivity contribution in [2.24, 2.45) is 5.73 Å². The molecule has 0 bridgehead atoms. The number of aromatic nitrogens is 2. The quantitative estimate of drug-likeness (QED) is 0.766. The van der Waals surface area contributed by atoms with Crippen molar-refractivity contribution in [3.05, 3.63) is 41.9 Å². The molecular formula is C13H15N3O2. The van der Waals surface area contributed by atoms with E-state index in [0.717, 1.165) is 17.0 Å². The van der Waals surface area contributed by atoms with Gasteiger partial charge in [0.05, 0.1) is 18.2 Å². The second-order valence-corrected chi connectivity index (χ2v) is 4.17. The topological polar surface area (TPSA) is 92.0 Å². The molecule has 0 spiro atoms. The van der Waals surface area contributed by atoms with Gasteiger partial charge in [-0.3, -0.25) is 4.79 Å². The average Bonchev–Trinajstić information content (AvgIpc) is 2.72. The van der Waals surface area contributed by atoms with Gasteiger partial charge in [-0.15, -0.1) is 0 Å². The van der Waals surface area contributed by atoms with Crippen LogP contribution in [-0.4, -0.2) is 21.0 Å². The number of nitrogens with zero attached hydrogens (tertiary/aromatic N) is 1. The van der Waals surface area contributed by atoms with E-state index in [1.165, 1.54) is 0 Å². The van der Waals surface area contributed by atoms with E-state index >= 15 is 0 Å². The van der Waals surface area contributed by atoms with Crippen LogP contribution in [0.4, 0.5) is 0 Å². The summed E-state index contributed by atoms with van der Waals surface area (Å²) in [5.74, 6) is -0.424. The number of aliphatic carboxylic acids is 1. The monoisotopic (exact) mass is 245 g/mol. The predicted molar refractivity (Wildman–Crippen MR) is 67.9 cm³/mol. The van der Waals surface area contributed by atoms with Crippen molar-refractivity contribution < 1.29 is 9.90 Å². The minimum atomic E-state index is -0.933. The zero-order valence-electron chi connectivity index (χ0n) is 10.1. The molecule has 1 atom stereocenters. The molecular weight excluding hydrogens is 230 g/mol. The van der Waals surface area contributed by atoms with Crippen LogP contribution in [0.2, 0.25) is 0 Å². The highest BCUT2D eigenvalue weighted by Gasteiger charge is 2.16. The van der Waals surface area contributed by atoms with Crippen LogP contribution in [0.1, 0.15) is 24.0 Å². The summed E-state index contributed by atoms with van der Waals surface area (Å²) in [6.45, 7) is 1.90. The van der Waals surface area contributed by atoms with Crippen molar-refractivity contribution >= 4 is 5.97 Å². The van der Waals surface area contributed by atoms with E-state index in [9.17, 15) is 4.79 Å². The molecule has 94 valence electrons. The average molecular weight is 245 g/mol. The third-order valence-corrected chi connectivity index (χ3v) is 2.70. The molecule has 0 aliphatic heterocycles. The molecule has 1 aromatic heterocycles. The van der Waals surface area contributed by atoms with Gasteiger partial charge in [0.25, 0.3) is 0 Å². The molecule has 5 heteroatoms. The Labute approximate surface area is 105 Å². The lowest BCUT2D eigenvalue weighted by molar-refractivity contribution is -0.137. The largest absolute Gasteiger partial charge is 0.481 e. The summed E-state index contributed by atoms with van der Waals surface area (Å²) >= 11 is 0. The number of carboxylic acid groups (broad SMARTS) is 1. The molecule has 5 nitrogen and oxygen atoms in total. The van der Waals surface area contributed by atoms with Gasteiger partial charge in [-0.2, -0.15) is 0 Å². The maximum absolute atomic E-state index is 10.6. The molecule has 1 heterocycles. The third-order valence-electron chi connectivity index (χ3n) is 2.70. The van der Waals surface area contributed by atoms with Crippen molar-refractivity contribution in [1.82, 2.24) is 9.97 Å². The highest BCUT2D eigenvalue weighted by Crippen LogP contribution is 2.23. The molecule has 0 aliphatic rings. The first kappa shape index (κ1) is 12.3. The van der Waals surface area contributed by atoms with Crippen LogP contribution in [0.25, 0.3) is 11.3 Å². The Morgan fingerprint density at radius 3 is 2.72 bits per heavy atom. The zero-order valence-corrected chi connectivity index (χ0v) is 10.1. The number of rotatable bonds is 4. The minimum Gasteiger partial charge on any atom is -0.481 e. The summed E-state index contributed by atoms with van der Waals surface area (Å²) in [6, 6.07) is 9.09. The SMILES string of the molecule is Cc1[nH]c(C(N)CC(=O)O)nc1-c1ccccc1. The first-order chi connectivity index (χ1) is 8.58. The fourth-order valence-electron chi connectivity index (χ4n) is 1.82. The van der Waals surface area contributed by atoms with Crippen molar-refractivity contribution in [2.45, 2.75) is 19.4 Å². The second kappa shape index (κ2) is 5.01. The van der Waals surface area contributed by atoms with E-state index in [-0.39, 0.29) is 6.42 Å². The number of H-pyrrole nitrogens is 1. The lowest BCUT2D eigenvalue weighted by atomic mass is 10.1. The van der Waals surface area contributed by atoms with E-state index in [4.69, 9.17) is 10.8 Å². The van der Waals surface area contributed by atoms with Gasteiger partial charge in [0.15, 0.2) is 0 Å². The Balaban J connectivity index is 2.30. The van der Waals surface area contributed by atoms with Gasteiger partial charge >= 0.3 is 5.97 Å². The van der Waals surface area contributed by atoms with Crippen molar-refractivity contribution in [3.63, 3.8) is 0 Å². The van der Waals surface area contributed by atoms with E-state index in [0.29, 0.717) is 5.82 Å². The zero-order chi connectivity index (χ0) is 13.1. The standard InChI is InChI=1S/C13H15N3O2/c1-8-12(9-5-3-2-4-6-9)16-13(15-8)10(14)7-11(17)18/h2-6,10H,7,14H2,1H3,(H,15,16)(H,17,18). The van der Waals surface area contributed by atoms with E-state index in [1.54, 1.807) is 0 Å². The number of aromatic amines is 1. The number of nitrogens with two attached hydrogens (primary N) is 1. The maximum atomic E-state index is 10.6. The van der Waals surface area contributed by atoms with E-state index in [2.05, 4.69) is 9.97 Å². The normalized spacial score (nSPS) is 12.3. The number of hydrogen-bond acceptors (Lipinski definition) is 3. The molecule has 18 heavy (non-hydrogen) atoms. The molecule has 0 amide bonds. The first-order valence-electron chi connectivity index (χ1n) is 5.67. The van der Waals surface area contributed by atoms with Crippen LogP contribution >= 0.6 is 0 Å². The van der Waals surface area contributed by atoms with Gasteiger partial charge in [-0.05, 0) is 6.92 Å². The molecule has 0 saturated carbocycles.